The minimum atomic E-state index is 1.21. The molecule has 3 rings (SSSR count). The second-order valence-corrected chi connectivity index (χ2v) is 3.62. The van der Waals surface area contributed by atoms with Gasteiger partial charge >= 0.3 is 0 Å². The van der Waals surface area contributed by atoms with Gasteiger partial charge in [0.15, 0.2) is 0 Å². The monoisotopic (exact) mass is 213 g/mol. The molecule has 0 saturated heterocycles. The zero-order chi connectivity index (χ0) is 11.4. The van der Waals surface area contributed by atoms with Gasteiger partial charge in [-0.3, -0.25) is 0 Å². The number of benzene rings is 2. The van der Waals surface area contributed by atoms with Gasteiger partial charge in [-0.05, 0) is 12.1 Å². The second kappa shape index (κ2) is 4.81. The van der Waals surface area contributed by atoms with Crippen molar-refractivity contribution in [2.75, 3.05) is 14.2 Å². The number of H-pyrrole nitrogens is 1. The summed E-state index contributed by atoms with van der Waals surface area (Å²) in [5.74, 6) is 0. The molecule has 0 amide bonds. The summed E-state index contributed by atoms with van der Waals surface area (Å²) in [5.41, 5.74) is 2.42. The summed E-state index contributed by atoms with van der Waals surface area (Å²) in [6.45, 7) is 0. The molecule has 0 unspecified atom stereocenters. The van der Waals surface area contributed by atoms with Gasteiger partial charge in [-0.1, -0.05) is 36.4 Å². The lowest BCUT2D eigenvalue weighted by Crippen LogP contribution is -1.62. The Balaban J connectivity index is 0.000000292. The highest BCUT2D eigenvalue weighted by Crippen LogP contribution is 2.24. The fourth-order valence-electron chi connectivity index (χ4n) is 1.80. The van der Waals surface area contributed by atoms with Crippen LogP contribution >= 0.6 is 0 Å². The van der Waals surface area contributed by atoms with Crippen LogP contribution < -0.4 is 0 Å². The Morgan fingerprint density at radius 1 is 0.750 bits per heavy atom. The Bertz CT molecular complexity index is 533. The van der Waals surface area contributed by atoms with Gasteiger partial charge in [0.05, 0.1) is 0 Å². The summed E-state index contributed by atoms with van der Waals surface area (Å²) in [4.78, 5) is 3.38. The molecule has 0 bridgehead atoms. The van der Waals surface area contributed by atoms with E-state index in [4.69, 9.17) is 0 Å². The van der Waals surface area contributed by atoms with E-state index in [2.05, 4.69) is 58.3 Å². The highest BCUT2D eigenvalue weighted by Gasteiger charge is 2.00. The average molecular weight is 213 g/mol. The molecule has 0 atom stereocenters. The Morgan fingerprint density at radius 3 is 1.56 bits per heavy atom. The van der Waals surface area contributed by atoms with Crippen LogP contribution in [0.5, 0.6) is 0 Å². The SMILES string of the molecule is COC.c1ccc2c(c1)[nH]c1ccccc12. The van der Waals surface area contributed by atoms with Crippen LogP contribution in [-0.2, 0) is 4.74 Å². The number of ether oxygens (including phenoxy) is 1. The molecule has 0 aliphatic heterocycles. The molecular formula is C14H15NO. The van der Waals surface area contributed by atoms with E-state index in [1.165, 1.54) is 21.8 Å². The third kappa shape index (κ3) is 1.92. The number of para-hydroxylation sites is 2. The Morgan fingerprint density at radius 2 is 1.12 bits per heavy atom. The van der Waals surface area contributed by atoms with E-state index in [-0.39, 0.29) is 0 Å². The van der Waals surface area contributed by atoms with Crippen LogP contribution in [0.15, 0.2) is 48.5 Å². The summed E-state index contributed by atoms with van der Waals surface area (Å²) in [7, 11) is 3.25. The van der Waals surface area contributed by atoms with E-state index < -0.39 is 0 Å². The van der Waals surface area contributed by atoms with Gasteiger partial charge in [0.25, 0.3) is 0 Å². The van der Waals surface area contributed by atoms with Gasteiger partial charge < -0.3 is 9.72 Å². The number of hydrogen-bond acceptors (Lipinski definition) is 1. The van der Waals surface area contributed by atoms with E-state index in [0.29, 0.717) is 0 Å². The molecule has 0 spiro atoms. The molecule has 2 heteroatoms. The molecule has 3 aromatic rings. The fraction of sp³-hybridized carbons (Fsp3) is 0.143. The van der Waals surface area contributed by atoms with Crippen molar-refractivity contribution in [3.8, 4) is 0 Å². The topological polar surface area (TPSA) is 25.0 Å². The molecule has 0 saturated carbocycles. The number of rotatable bonds is 0. The largest absolute Gasteiger partial charge is 0.388 e. The molecule has 2 aromatic carbocycles. The Labute approximate surface area is 94.9 Å². The number of methoxy groups -OCH3 is 1. The normalized spacial score (nSPS) is 10.1. The molecule has 0 fully saturated rings. The van der Waals surface area contributed by atoms with Crippen LogP contribution in [0.1, 0.15) is 0 Å². The summed E-state index contributed by atoms with van der Waals surface area (Å²) >= 11 is 0. The van der Waals surface area contributed by atoms with Crippen LogP contribution in [0.4, 0.5) is 0 Å². The van der Waals surface area contributed by atoms with Gasteiger partial charge in [0, 0.05) is 36.0 Å². The zero-order valence-corrected chi connectivity index (χ0v) is 9.53. The summed E-state index contributed by atoms with van der Waals surface area (Å²) in [6, 6.07) is 16.8. The van der Waals surface area contributed by atoms with E-state index in [9.17, 15) is 0 Å². The highest BCUT2D eigenvalue weighted by molar-refractivity contribution is 6.06. The molecule has 1 heterocycles. The minimum absolute atomic E-state index is 1.21. The maximum atomic E-state index is 4.25. The van der Waals surface area contributed by atoms with E-state index in [0.717, 1.165) is 0 Å². The molecule has 0 radical (unpaired) electrons. The first kappa shape index (κ1) is 10.7. The van der Waals surface area contributed by atoms with Crippen LogP contribution in [0.2, 0.25) is 0 Å². The second-order valence-electron chi connectivity index (χ2n) is 3.62. The lowest BCUT2D eigenvalue weighted by Gasteiger charge is -1.87. The van der Waals surface area contributed by atoms with E-state index in [1.54, 1.807) is 14.2 Å². The lowest BCUT2D eigenvalue weighted by atomic mass is 10.2. The minimum Gasteiger partial charge on any atom is -0.388 e. The van der Waals surface area contributed by atoms with Crippen molar-refractivity contribution >= 4 is 21.8 Å². The van der Waals surface area contributed by atoms with Gasteiger partial charge in [0.2, 0.25) is 0 Å². The number of fused-ring (bicyclic) bond motifs is 3. The van der Waals surface area contributed by atoms with Crippen molar-refractivity contribution in [1.82, 2.24) is 4.98 Å². The third-order valence-corrected chi connectivity index (χ3v) is 2.41. The maximum absolute atomic E-state index is 4.25. The Hall–Kier alpha value is -1.80. The standard InChI is InChI=1S/C12H9N.C2H6O/c1-3-7-11-9(5-1)10-6-2-4-8-12(10)13-11;1-3-2/h1-8,13H;1-2H3. The van der Waals surface area contributed by atoms with Crippen molar-refractivity contribution in [3.63, 3.8) is 0 Å². The van der Waals surface area contributed by atoms with Crippen LogP contribution in [-0.4, -0.2) is 19.2 Å². The summed E-state index contributed by atoms with van der Waals surface area (Å²) in [6.07, 6.45) is 0. The first-order valence-corrected chi connectivity index (χ1v) is 5.22. The van der Waals surface area contributed by atoms with Crippen molar-refractivity contribution in [2.45, 2.75) is 0 Å². The predicted octanol–water partition coefficient (Wildman–Crippen LogP) is 3.58. The van der Waals surface area contributed by atoms with Crippen molar-refractivity contribution in [2.24, 2.45) is 0 Å². The van der Waals surface area contributed by atoms with E-state index >= 15 is 0 Å². The van der Waals surface area contributed by atoms with Crippen LogP contribution in [0.25, 0.3) is 21.8 Å². The number of aromatic amines is 1. The summed E-state index contributed by atoms with van der Waals surface area (Å²) in [5, 5.41) is 2.61. The average Bonchev–Trinajstić information content (AvgIpc) is 2.68. The molecular weight excluding hydrogens is 198 g/mol. The predicted molar refractivity (Wildman–Crippen MR) is 68.7 cm³/mol. The van der Waals surface area contributed by atoms with Crippen molar-refractivity contribution in [3.05, 3.63) is 48.5 Å². The number of nitrogens with one attached hydrogen (secondary N) is 1. The van der Waals surface area contributed by atoms with Crippen LogP contribution in [0, 0.1) is 0 Å². The highest BCUT2D eigenvalue weighted by atomic mass is 16.4. The first-order chi connectivity index (χ1) is 7.86. The van der Waals surface area contributed by atoms with Crippen molar-refractivity contribution < 1.29 is 4.74 Å². The first-order valence-electron chi connectivity index (χ1n) is 5.22. The quantitative estimate of drug-likeness (QED) is 0.606. The third-order valence-electron chi connectivity index (χ3n) is 2.41. The summed E-state index contributed by atoms with van der Waals surface area (Å²) < 4.78 is 4.25. The Kier molecular flexibility index (Phi) is 3.22. The van der Waals surface area contributed by atoms with Crippen molar-refractivity contribution in [1.29, 1.82) is 0 Å². The number of hydrogen-bond donors (Lipinski definition) is 1. The lowest BCUT2D eigenvalue weighted by molar-refractivity contribution is 0.277. The number of aromatic nitrogens is 1. The van der Waals surface area contributed by atoms with Gasteiger partial charge in [0.1, 0.15) is 0 Å². The maximum Gasteiger partial charge on any atom is 0.0464 e. The van der Waals surface area contributed by atoms with E-state index in [1.807, 2.05) is 0 Å². The van der Waals surface area contributed by atoms with Gasteiger partial charge in [-0.2, -0.15) is 0 Å². The molecule has 0 aliphatic carbocycles. The molecule has 1 N–H and O–H groups in total. The molecule has 2 nitrogen and oxygen atoms in total. The smallest absolute Gasteiger partial charge is 0.0464 e. The van der Waals surface area contributed by atoms with Gasteiger partial charge in [-0.15, -0.1) is 0 Å². The van der Waals surface area contributed by atoms with Crippen LogP contribution in [0.3, 0.4) is 0 Å². The fourth-order valence-corrected chi connectivity index (χ4v) is 1.80. The molecule has 82 valence electrons. The molecule has 0 aliphatic rings. The molecule has 1 aromatic heterocycles. The zero-order valence-electron chi connectivity index (χ0n) is 9.53. The molecule has 16 heavy (non-hydrogen) atoms. The van der Waals surface area contributed by atoms with Gasteiger partial charge in [-0.25, -0.2) is 0 Å².